The molecule has 3 atom stereocenters. The lowest BCUT2D eigenvalue weighted by Crippen LogP contribution is -2.41. The quantitative estimate of drug-likeness (QED) is 0.157. The maximum Gasteiger partial charge on any atom is 0.0622 e. The van der Waals surface area contributed by atoms with E-state index in [2.05, 4.69) is 199 Å². The van der Waals surface area contributed by atoms with Crippen LogP contribution >= 0.6 is 11.3 Å². The van der Waals surface area contributed by atoms with Crippen LogP contribution in [0.4, 0.5) is 0 Å². The second kappa shape index (κ2) is 13.8. The van der Waals surface area contributed by atoms with Crippen molar-refractivity contribution in [3.63, 3.8) is 0 Å². The van der Waals surface area contributed by atoms with Crippen molar-refractivity contribution in [1.82, 2.24) is 9.47 Å². The Kier molecular flexibility index (Phi) is 8.07. The number of aromatic nitrogens is 1. The van der Waals surface area contributed by atoms with Crippen molar-refractivity contribution in [3.8, 4) is 0 Å². The molecule has 13 rings (SSSR count). The minimum atomic E-state index is 0.0328. The predicted octanol–water partition coefficient (Wildman–Crippen LogP) is 14.0. The fraction of sp³-hybridized carbons (Fsp3) is 0.186. The van der Waals surface area contributed by atoms with Gasteiger partial charge in [0.25, 0.3) is 0 Å². The van der Waals surface area contributed by atoms with Gasteiger partial charge >= 0.3 is 0 Å². The Balaban J connectivity index is 1.02. The van der Waals surface area contributed by atoms with Crippen LogP contribution in [0, 0.1) is 5.92 Å². The maximum absolute atomic E-state index is 2.74. The van der Waals surface area contributed by atoms with Crippen molar-refractivity contribution in [2.75, 3.05) is 0 Å². The zero-order valence-corrected chi connectivity index (χ0v) is 36.1. The molecule has 5 aliphatic carbocycles. The van der Waals surface area contributed by atoms with Gasteiger partial charge in [0.15, 0.2) is 0 Å². The minimum absolute atomic E-state index is 0.0328. The molecule has 8 aromatic rings. The molecule has 0 N–H and O–H groups in total. The number of allylic oxidation sites excluding steroid dienone is 11. The van der Waals surface area contributed by atoms with Gasteiger partial charge < -0.3 is 9.47 Å². The van der Waals surface area contributed by atoms with Gasteiger partial charge in [-0.3, -0.25) is 0 Å². The van der Waals surface area contributed by atoms with E-state index in [1.54, 1.807) is 0 Å². The van der Waals surface area contributed by atoms with Crippen LogP contribution in [0.3, 0.4) is 0 Å². The topological polar surface area (TPSA) is 8.17 Å². The van der Waals surface area contributed by atoms with Crippen molar-refractivity contribution >= 4 is 87.4 Å². The Hall–Kier alpha value is -6.42. The highest BCUT2D eigenvalue weighted by atomic mass is 32.1. The van der Waals surface area contributed by atoms with Gasteiger partial charge in [-0.1, -0.05) is 166 Å². The molecule has 0 radical (unpaired) electrons. The van der Waals surface area contributed by atoms with Crippen LogP contribution in [0.1, 0.15) is 68.6 Å². The Labute approximate surface area is 366 Å². The molecule has 62 heavy (non-hydrogen) atoms. The third-order valence-corrected chi connectivity index (χ3v) is 16.2. The van der Waals surface area contributed by atoms with Crippen LogP contribution in [0.2, 0.25) is 0 Å². The highest BCUT2D eigenvalue weighted by molar-refractivity contribution is 7.26. The molecular weight excluding hydrogens is 769 g/mol. The van der Waals surface area contributed by atoms with E-state index in [0.29, 0.717) is 11.8 Å². The molecule has 0 spiro atoms. The first-order chi connectivity index (χ1) is 30.5. The van der Waals surface area contributed by atoms with Crippen LogP contribution < -0.4 is 10.6 Å². The fourth-order valence-corrected chi connectivity index (χ4v) is 13.3. The highest BCUT2D eigenvalue weighted by Gasteiger charge is 2.45. The summed E-state index contributed by atoms with van der Waals surface area (Å²) in [7, 11) is 0. The standard InChI is InChI=1S/C59H48N2S/c1-59(2)52-25-12-10-19-45(52)46-33-31-41(36-53(46)59)60(39-29-27-37(28-30-39)42-23-14-24-50-47-20-11-13-26-55(47)62-58(42)50)40-32-34-54-51(35-40)56-48-21-8-6-17-43(48)44-18-7-9-22-49(44)57(56)61(54)38-15-4-3-5-16-38/h3-4,6-15,17-27,29,31,33-36,40,46,53H,5,16,28,30,32H2,1-2H3. The number of benzene rings is 6. The summed E-state index contributed by atoms with van der Waals surface area (Å²) in [5.74, 6) is 0.777. The maximum atomic E-state index is 2.74. The molecule has 2 nitrogen and oxygen atoms in total. The Morgan fingerprint density at radius 3 is 2.27 bits per heavy atom. The summed E-state index contributed by atoms with van der Waals surface area (Å²) in [6, 6.07) is 43.3. The van der Waals surface area contributed by atoms with Gasteiger partial charge in [0.2, 0.25) is 0 Å². The number of rotatable bonds is 5. The molecule has 0 fully saturated rings. The zero-order valence-electron chi connectivity index (χ0n) is 35.3. The van der Waals surface area contributed by atoms with Gasteiger partial charge in [-0.15, -0.1) is 11.3 Å². The molecule has 3 heteroatoms. The molecule has 2 aromatic heterocycles. The number of hydrogen-bond acceptors (Lipinski definition) is 2. The van der Waals surface area contributed by atoms with Crippen LogP contribution in [0.15, 0.2) is 175 Å². The molecule has 0 aliphatic heterocycles. The van der Waals surface area contributed by atoms with Gasteiger partial charge in [-0.05, 0) is 106 Å². The zero-order chi connectivity index (χ0) is 41.1. The Morgan fingerprint density at radius 2 is 1.45 bits per heavy atom. The van der Waals surface area contributed by atoms with Crippen molar-refractivity contribution in [2.45, 2.75) is 63.3 Å². The minimum Gasteiger partial charge on any atom is -0.338 e. The largest absolute Gasteiger partial charge is 0.338 e. The molecule has 300 valence electrons. The number of hydrogen-bond donors (Lipinski definition) is 0. The van der Waals surface area contributed by atoms with Crippen LogP contribution in [-0.4, -0.2) is 15.5 Å². The molecule has 3 unspecified atom stereocenters. The normalized spacial score (nSPS) is 21.2. The second-order valence-electron chi connectivity index (χ2n) is 18.6. The van der Waals surface area contributed by atoms with E-state index in [9.17, 15) is 0 Å². The fourth-order valence-electron chi connectivity index (χ4n) is 12.1. The lowest BCUT2D eigenvalue weighted by molar-refractivity contribution is 0.347. The molecule has 0 saturated carbocycles. The predicted molar refractivity (Wildman–Crippen MR) is 266 cm³/mol. The molecule has 6 aromatic carbocycles. The summed E-state index contributed by atoms with van der Waals surface area (Å²) in [4.78, 5) is 2.74. The highest BCUT2D eigenvalue weighted by Crippen LogP contribution is 2.54. The van der Waals surface area contributed by atoms with E-state index in [4.69, 9.17) is 0 Å². The molecule has 0 amide bonds. The van der Waals surface area contributed by atoms with Crippen molar-refractivity contribution in [3.05, 3.63) is 203 Å². The SMILES string of the molecule is CC1(C)c2ccccc2C2C=CC(N(C3=CC=C(c4cccc5c4sc4ccccc45)CC3)C3C=c4c(n(C5=CC=CCC5)c5c6ccccc6c6ccccc6c45)=CC3)=CC21. The van der Waals surface area contributed by atoms with Gasteiger partial charge in [-0.25, -0.2) is 0 Å². The van der Waals surface area contributed by atoms with Crippen LogP contribution in [0.5, 0.6) is 0 Å². The van der Waals surface area contributed by atoms with E-state index in [-0.39, 0.29) is 11.5 Å². The molecule has 5 aliphatic rings. The number of fused-ring (bicyclic) bond motifs is 14. The average Bonchev–Trinajstić information content (AvgIpc) is 3.95. The third-order valence-electron chi connectivity index (χ3n) is 15.0. The van der Waals surface area contributed by atoms with Crippen molar-refractivity contribution in [1.29, 1.82) is 0 Å². The van der Waals surface area contributed by atoms with Gasteiger partial charge in [-0.2, -0.15) is 0 Å². The van der Waals surface area contributed by atoms with Crippen LogP contribution in [0.25, 0.3) is 76.0 Å². The lowest BCUT2D eigenvalue weighted by Gasteiger charge is -2.40. The first-order valence-electron chi connectivity index (χ1n) is 22.6. The average molecular weight is 817 g/mol. The first-order valence-corrected chi connectivity index (χ1v) is 23.5. The lowest BCUT2D eigenvalue weighted by atomic mass is 9.74. The van der Waals surface area contributed by atoms with Gasteiger partial charge in [0.1, 0.15) is 0 Å². The Bertz CT molecular complexity index is 3560. The van der Waals surface area contributed by atoms with Crippen LogP contribution in [-0.2, 0) is 5.41 Å². The van der Waals surface area contributed by atoms with Crippen molar-refractivity contribution < 1.29 is 0 Å². The Morgan fingerprint density at radius 1 is 0.694 bits per heavy atom. The van der Waals surface area contributed by atoms with E-state index < -0.39 is 0 Å². The van der Waals surface area contributed by atoms with E-state index in [1.165, 1.54) is 103 Å². The monoisotopic (exact) mass is 816 g/mol. The van der Waals surface area contributed by atoms with E-state index >= 15 is 0 Å². The number of nitrogens with zero attached hydrogens (tertiary/aromatic N) is 2. The number of thiophene rings is 1. The summed E-state index contributed by atoms with van der Waals surface area (Å²) in [6.07, 6.45) is 29.7. The third kappa shape index (κ3) is 5.27. The summed E-state index contributed by atoms with van der Waals surface area (Å²) in [6.45, 7) is 4.92. The van der Waals surface area contributed by atoms with Crippen molar-refractivity contribution in [2.24, 2.45) is 5.92 Å². The van der Waals surface area contributed by atoms with E-state index in [0.717, 1.165) is 32.1 Å². The summed E-state index contributed by atoms with van der Waals surface area (Å²) >= 11 is 1.94. The second-order valence-corrected chi connectivity index (χ2v) is 19.6. The summed E-state index contributed by atoms with van der Waals surface area (Å²) in [5.41, 5.74) is 11.3. The first kappa shape index (κ1) is 36.3. The molecule has 0 saturated heterocycles. The summed E-state index contributed by atoms with van der Waals surface area (Å²) in [5, 5.41) is 12.1. The molecular formula is C59H48N2S. The molecule has 0 bridgehead atoms. The van der Waals surface area contributed by atoms with Gasteiger partial charge in [0, 0.05) is 64.5 Å². The smallest absolute Gasteiger partial charge is 0.0622 e. The molecule has 2 heterocycles. The van der Waals surface area contributed by atoms with Gasteiger partial charge in [0.05, 0.1) is 11.6 Å². The van der Waals surface area contributed by atoms with E-state index in [1.807, 2.05) is 11.3 Å². The summed E-state index contributed by atoms with van der Waals surface area (Å²) < 4.78 is 5.40.